The van der Waals surface area contributed by atoms with Gasteiger partial charge in [-0.25, -0.2) is 14.6 Å². The number of nitrogens with one attached hydrogen (secondary N) is 2. The van der Waals surface area contributed by atoms with Gasteiger partial charge < -0.3 is 15.7 Å². The molecule has 0 aliphatic rings. The molecule has 1 heterocycles. The van der Waals surface area contributed by atoms with E-state index in [-0.39, 0.29) is 5.92 Å². The lowest BCUT2D eigenvalue weighted by molar-refractivity contribution is -0.139. The van der Waals surface area contributed by atoms with Crippen LogP contribution in [0.5, 0.6) is 0 Å². The number of hydrogen-bond acceptors (Lipinski definition) is 4. The summed E-state index contributed by atoms with van der Waals surface area (Å²) in [6.45, 7) is 6.00. The standard InChI is InChI=1S/C12H19N3O3S/c1-7(2)4-9(11(16)17)15-12(18)13-5-10-14-8(3)6-19-10/h6-7,9H,4-5H2,1-3H3,(H,16,17)(H2,13,15,18)/t9-/m0/s1. The van der Waals surface area contributed by atoms with Crippen LogP contribution in [0.1, 0.15) is 31.0 Å². The van der Waals surface area contributed by atoms with Gasteiger partial charge in [0.05, 0.1) is 6.54 Å². The molecule has 0 spiro atoms. The maximum Gasteiger partial charge on any atom is 0.326 e. The molecular formula is C12H19N3O3S. The second kappa shape index (κ2) is 7.08. The molecule has 3 N–H and O–H groups in total. The minimum absolute atomic E-state index is 0.197. The number of aromatic nitrogens is 1. The van der Waals surface area contributed by atoms with Gasteiger partial charge in [-0.05, 0) is 19.3 Å². The van der Waals surface area contributed by atoms with Crippen LogP contribution in [0.15, 0.2) is 5.38 Å². The number of aryl methyl sites for hydroxylation is 1. The van der Waals surface area contributed by atoms with Crippen molar-refractivity contribution in [3.63, 3.8) is 0 Å². The Morgan fingerprint density at radius 3 is 2.63 bits per heavy atom. The van der Waals surface area contributed by atoms with Crippen LogP contribution in [0.3, 0.4) is 0 Å². The quantitative estimate of drug-likeness (QED) is 0.742. The van der Waals surface area contributed by atoms with Crippen LogP contribution < -0.4 is 10.6 Å². The highest BCUT2D eigenvalue weighted by Gasteiger charge is 2.20. The zero-order chi connectivity index (χ0) is 14.4. The summed E-state index contributed by atoms with van der Waals surface area (Å²) in [5.74, 6) is -0.822. The van der Waals surface area contributed by atoms with Crippen LogP contribution in [0.2, 0.25) is 0 Å². The Morgan fingerprint density at radius 2 is 2.16 bits per heavy atom. The first kappa shape index (κ1) is 15.4. The van der Waals surface area contributed by atoms with Gasteiger partial charge in [-0.15, -0.1) is 11.3 Å². The third-order valence-electron chi connectivity index (χ3n) is 2.38. The maximum atomic E-state index is 11.6. The second-order valence-electron chi connectivity index (χ2n) is 4.73. The number of carboxylic acids is 1. The average Bonchev–Trinajstić information content (AvgIpc) is 2.71. The van der Waals surface area contributed by atoms with Crippen molar-refractivity contribution in [2.24, 2.45) is 5.92 Å². The summed E-state index contributed by atoms with van der Waals surface area (Å²) in [6.07, 6.45) is 0.402. The molecule has 19 heavy (non-hydrogen) atoms. The normalized spacial score (nSPS) is 12.2. The molecule has 0 bridgehead atoms. The summed E-state index contributed by atoms with van der Waals surface area (Å²) < 4.78 is 0. The summed E-state index contributed by atoms with van der Waals surface area (Å²) in [7, 11) is 0. The van der Waals surface area contributed by atoms with E-state index in [1.54, 1.807) is 0 Å². The molecule has 7 heteroatoms. The van der Waals surface area contributed by atoms with E-state index in [1.807, 2.05) is 26.2 Å². The molecule has 0 aliphatic heterocycles. The Hall–Kier alpha value is -1.63. The Labute approximate surface area is 116 Å². The van der Waals surface area contributed by atoms with E-state index >= 15 is 0 Å². The van der Waals surface area contributed by atoms with Gasteiger partial charge in [0, 0.05) is 11.1 Å². The zero-order valence-electron chi connectivity index (χ0n) is 11.3. The van der Waals surface area contributed by atoms with Crippen molar-refractivity contribution in [3.8, 4) is 0 Å². The lowest BCUT2D eigenvalue weighted by Gasteiger charge is -2.16. The SMILES string of the molecule is Cc1csc(CNC(=O)N[C@@H](CC(C)C)C(=O)O)n1. The molecule has 1 aromatic heterocycles. The number of carboxylic acid groups (broad SMARTS) is 1. The number of carbonyl (C=O) groups excluding carboxylic acids is 1. The molecule has 0 aliphatic carbocycles. The van der Waals surface area contributed by atoms with Crippen molar-refractivity contribution < 1.29 is 14.7 Å². The zero-order valence-corrected chi connectivity index (χ0v) is 12.1. The molecule has 106 valence electrons. The van der Waals surface area contributed by atoms with Crippen molar-refractivity contribution in [1.29, 1.82) is 0 Å². The van der Waals surface area contributed by atoms with Crippen molar-refractivity contribution in [3.05, 3.63) is 16.1 Å². The van der Waals surface area contributed by atoms with Gasteiger partial charge in [-0.3, -0.25) is 0 Å². The highest BCUT2D eigenvalue weighted by atomic mass is 32.1. The number of urea groups is 1. The number of nitrogens with zero attached hydrogens (tertiary/aromatic N) is 1. The summed E-state index contributed by atoms with van der Waals surface area (Å²) in [5.41, 5.74) is 0.908. The number of rotatable bonds is 6. The first-order valence-electron chi connectivity index (χ1n) is 6.06. The van der Waals surface area contributed by atoms with E-state index in [2.05, 4.69) is 15.6 Å². The highest BCUT2D eigenvalue weighted by molar-refractivity contribution is 7.09. The summed E-state index contributed by atoms with van der Waals surface area (Å²) >= 11 is 1.46. The van der Waals surface area contributed by atoms with Crippen molar-refractivity contribution in [2.45, 2.75) is 39.8 Å². The van der Waals surface area contributed by atoms with E-state index in [1.165, 1.54) is 11.3 Å². The van der Waals surface area contributed by atoms with Gasteiger partial charge in [0.1, 0.15) is 11.0 Å². The average molecular weight is 285 g/mol. The number of carbonyl (C=O) groups is 2. The van der Waals surface area contributed by atoms with Gasteiger partial charge in [0.2, 0.25) is 0 Å². The van der Waals surface area contributed by atoms with Crippen LogP contribution >= 0.6 is 11.3 Å². The molecule has 0 aromatic carbocycles. The number of aliphatic carboxylic acids is 1. The van der Waals surface area contributed by atoms with E-state index in [4.69, 9.17) is 5.11 Å². The van der Waals surface area contributed by atoms with Crippen LogP contribution in [0.4, 0.5) is 4.79 Å². The van der Waals surface area contributed by atoms with Gasteiger partial charge in [0.15, 0.2) is 0 Å². The van der Waals surface area contributed by atoms with Crippen molar-refractivity contribution in [2.75, 3.05) is 0 Å². The van der Waals surface area contributed by atoms with Crippen LogP contribution in [-0.4, -0.2) is 28.1 Å². The Morgan fingerprint density at radius 1 is 1.47 bits per heavy atom. The fraction of sp³-hybridized carbons (Fsp3) is 0.583. The topological polar surface area (TPSA) is 91.3 Å². The van der Waals surface area contributed by atoms with Crippen LogP contribution in [0, 0.1) is 12.8 Å². The van der Waals surface area contributed by atoms with Crippen molar-refractivity contribution >= 4 is 23.3 Å². The number of amides is 2. The van der Waals surface area contributed by atoms with Crippen LogP contribution in [0.25, 0.3) is 0 Å². The van der Waals surface area contributed by atoms with E-state index in [9.17, 15) is 9.59 Å². The van der Waals surface area contributed by atoms with Gasteiger partial charge in [-0.1, -0.05) is 13.8 Å². The first-order valence-corrected chi connectivity index (χ1v) is 6.94. The molecule has 1 rings (SSSR count). The minimum atomic E-state index is -1.02. The summed E-state index contributed by atoms with van der Waals surface area (Å²) in [5, 5.41) is 16.8. The minimum Gasteiger partial charge on any atom is -0.480 e. The molecule has 1 atom stereocenters. The second-order valence-corrected chi connectivity index (χ2v) is 5.67. The Bertz CT molecular complexity index is 445. The highest BCUT2D eigenvalue weighted by Crippen LogP contribution is 2.08. The van der Waals surface area contributed by atoms with E-state index in [0.29, 0.717) is 13.0 Å². The van der Waals surface area contributed by atoms with Crippen molar-refractivity contribution in [1.82, 2.24) is 15.6 Å². The molecular weight excluding hydrogens is 266 g/mol. The molecule has 0 fully saturated rings. The number of hydrogen-bond donors (Lipinski definition) is 3. The van der Waals surface area contributed by atoms with Gasteiger partial charge >= 0.3 is 12.0 Å². The Balaban J connectivity index is 2.42. The molecule has 0 saturated heterocycles. The lowest BCUT2D eigenvalue weighted by Crippen LogP contribution is -2.46. The fourth-order valence-corrected chi connectivity index (χ4v) is 2.25. The van der Waals surface area contributed by atoms with Gasteiger partial charge in [-0.2, -0.15) is 0 Å². The van der Waals surface area contributed by atoms with E-state index in [0.717, 1.165) is 10.7 Å². The molecule has 2 amide bonds. The third kappa shape index (κ3) is 5.69. The monoisotopic (exact) mass is 285 g/mol. The van der Waals surface area contributed by atoms with Gasteiger partial charge in [0.25, 0.3) is 0 Å². The maximum absolute atomic E-state index is 11.6. The smallest absolute Gasteiger partial charge is 0.326 e. The third-order valence-corrected chi connectivity index (χ3v) is 3.34. The molecule has 0 unspecified atom stereocenters. The predicted molar refractivity (Wildman–Crippen MR) is 73.1 cm³/mol. The molecule has 1 aromatic rings. The fourth-order valence-electron chi connectivity index (χ4n) is 1.54. The summed E-state index contributed by atoms with van der Waals surface area (Å²) in [6, 6.07) is -1.35. The first-order chi connectivity index (χ1) is 8.88. The molecule has 6 nitrogen and oxygen atoms in total. The predicted octanol–water partition coefficient (Wildman–Crippen LogP) is 1.75. The largest absolute Gasteiger partial charge is 0.480 e. The van der Waals surface area contributed by atoms with Crippen LogP contribution in [-0.2, 0) is 11.3 Å². The summed E-state index contributed by atoms with van der Waals surface area (Å²) in [4.78, 5) is 26.8. The van der Waals surface area contributed by atoms with E-state index < -0.39 is 18.0 Å². The molecule has 0 radical (unpaired) electrons. The molecule has 0 saturated carbocycles. The Kier molecular flexibility index (Phi) is 5.75. The number of thiazole rings is 1. The lowest BCUT2D eigenvalue weighted by atomic mass is 10.0.